The second-order valence-electron chi connectivity index (χ2n) is 7.11. The van der Waals surface area contributed by atoms with Gasteiger partial charge in [-0.2, -0.15) is 4.72 Å². The lowest BCUT2D eigenvalue weighted by Gasteiger charge is -2.19. The highest BCUT2D eigenvalue weighted by Crippen LogP contribution is 2.27. The van der Waals surface area contributed by atoms with Crippen LogP contribution >= 0.6 is 34.8 Å². The molecule has 0 fully saturated rings. The Balaban J connectivity index is 1.82. The van der Waals surface area contributed by atoms with Gasteiger partial charge in [-0.15, -0.1) is 0 Å². The van der Waals surface area contributed by atoms with Gasteiger partial charge in [0.15, 0.2) is 0 Å². The first-order valence-corrected chi connectivity index (χ1v) is 12.4. The Kier molecular flexibility index (Phi) is 8.62. The lowest BCUT2D eigenvalue weighted by Crippen LogP contribution is -2.47. The molecule has 10 heteroatoms. The second-order valence-corrected chi connectivity index (χ2v) is 10.1. The maximum atomic E-state index is 13.0. The van der Waals surface area contributed by atoms with Gasteiger partial charge in [-0.25, -0.2) is 8.42 Å². The van der Waals surface area contributed by atoms with Crippen molar-refractivity contribution in [2.24, 2.45) is 0 Å². The smallest absolute Gasteiger partial charge is 0.241 e. The van der Waals surface area contributed by atoms with Gasteiger partial charge in [0.25, 0.3) is 0 Å². The zero-order valence-corrected chi connectivity index (χ0v) is 20.6. The zero-order valence-electron chi connectivity index (χ0n) is 17.5. The molecule has 0 aliphatic rings. The minimum Gasteiger partial charge on any atom is -0.495 e. The van der Waals surface area contributed by atoms with Crippen molar-refractivity contribution in [1.82, 2.24) is 10.0 Å². The van der Waals surface area contributed by atoms with Gasteiger partial charge in [0.1, 0.15) is 11.8 Å². The van der Waals surface area contributed by atoms with Gasteiger partial charge in [-0.1, -0.05) is 71.2 Å². The first kappa shape index (κ1) is 25.3. The zero-order chi connectivity index (χ0) is 24.0. The van der Waals surface area contributed by atoms with Crippen molar-refractivity contribution in [3.63, 3.8) is 0 Å². The van der Waals surface area contributed by atoms with Crippen molar-refractivity contribution in [2.45, 2.75) is 23.9 Å². The maximum Gasteiger partial charge on any atom is 0.241 e. The molecule has 0 radical (unpaired) electrons. The fraction of sp³-hybridized carbons (Fsp3) is 0.174. The van der Waals surface area contributed by atoms with E-state index in [2.05, 4.69) is 10.0 Å². The van der Waals surface area contributed by atoms with E-state index >= 15 is 0 Å². The molecule has 174 valence electrons. The number of carbonyl (C=O) groups is 1. The van der Waals surface area contributed by atoms with E-state index in [1.165, 1.54) is 25.3 Å². The van der Waals surface area contributed by atoms with E-state index in [9.17, 15) is 13.2 Å². The summed E-state index contributed by atoms with van der Waals surface area (Å²) in [5.74, 6) is -0.165. The molecule has 0 aliphatic carbocycles. The van der Waals surface area contributed by atoms with Crippen LogP contribution < -0.4 is 14.8 Å². The quantitative estimate of drug-likeness (QED) is 0.416. The summed E-state index contributed by atoms with van der Waals surface area (Å²) < 4.78 is 33.6. The fourth-order valence-corrected chi connectivity index (χ4v) is 5.10. The number of hydrogen-bond donors (Lipinski definition) is 2. The van der Waals surface area contributed by atoms with Crippen LogP contribution in [-0.2, 0) is 27.8 Å². The molecule has 6 nitrogen and oxygen atoms in total. The Hall–Kier alpha value is -2.29. The Morgan fingerprint density at radius 3 is 2.33 bits per heavy atom. The average molecular weight is 528 g/mol. The predicted molar refractivity (Wildman–Crippen MR) is 131 cm³/mol. The summed E-state index contributed by atoms with van der Waals surface area (Å²) in [7, 11) is -2.63. The minimum absolute atomic E-state index is 0.0834. The standard InChI is InChI=1S/C23H21Cl3N2O4S/c1-32-22-10-9-18(13-20(22)26)33(30,31)28-21(11-15-5-3-2-4-6-15)23(29)27-14-16-7-8-17(24)12-19(16)25/h2-10,12-13,21,28H,11,14H2,1H3,(H,27,29)/t21-/m0/s1. The monoisotopic (exact) mass is 526 g/mol. The average Bonchev–Trinajstić information content (AvgIpc) is 2.78. The van der Waals surface area contributed by atoms with E-state index in [4.69, 9.17) is 39.5 Å². The molecule has 0 spiro atoms. The molecule has 0 heterocycles. The summed E-state index contributed by atoms with van der Waals surface area (Å²) in [6.07, 6.45) is 0.143. The Bertz CT molecular complexity index is 1240. The van der Waals surface area contributed by atoms with E-state index in [1.807, 2.05) is 30.3 Å². The third-order valence-electron chi connectivity index (χ3n) is 4.80. The van der Waals surface area contributed by atoms with Crippen molar-refractivity contribution < 1.29 is 17.9 Å². The molecule has 33 heavy (non-hydrogen) atoms. The van der Waals surface area contributed by atoms with E-state index in [0.29, 0.717) is 21.4 Å². The van der Waals surface area contributed by atoms with Crippen molar-refractivity contribution in [2.75, 3.05) is 7.11 Å². The minimum atomic E-state index is -4.06. The number of ether oxygens (including phenoxy) is 1. The Morgan fingerprint density at radius 1 is 0.970 bits per heavy atom. The van der Waals surface area contributed by atoms with Gasteiger partial charge in [0.05, 0.1) is 17.0 Å². The maximum absolute atomic E-state index is 13.0. The van der Waals surface area contributed by atoms with Gasteiger partial charge in [-0.05, 0) is 47.9 Å². The summed E-state index contributed by atoms with van der Waals surface area (Å²) in [5.41, 5.74) is 1.44. The topological polar surface area (TPSA) is 84.5 Å². The van der Waals surface area contributed by atoms with Crippen molar-refractivity contribution in [1.29, 1.82) is 0 Å². The van der Waals surface area contributed by atoms with Crippen LogP contribution in [0.5, 0.6) is 5.75 Å². The second kappa shape index (κ2) is 11.2. The lowest BCUT2D eigenvalue weighted by atomic mass is 10.1. The number of benzene rings is 3. The van der Waals surface area contributed by atoms with Gasteiger partial charge in [0, 0.05) is 16.6 Å². The highest BCUT2D eigenvalue weighted by molar-refractivity contribution is 7.89. The molecule has 0 saturated carbocycles. The number of amides is 1. The van der Waals surface area contributed by atoms with Crippen LogP contribution in [0.2, 0.25) is 15.1 Å². The van der Waals surface area contributed by atoms with Gasteiger partial charge >= 0.3 is 0 Å². The van der Waals surface area contributed by atoms with Crippen LogP contribution in [-0.4, -0.2) is 27.5 Å². The summed E-state index contributed by atoms with van der Waals surface area (Å²) in [5, 5.41) is 3.76. The van der Waals surface area contributed by atoms with Gasteiger partial charge < -0.3 is 10.1 Å². The number of carbonyl (C=O) groups excluding carboxylic acids is 1. The fourth-order valence-electron chi connectivity index (χ4n) is 3.08. The number of nitrogens with one attached hydrogen (secondary N) is 2. The highest BCUT2D eigenvalue weighted by Gasteiger charge is 2.26. The number of methoxy groups -OCH3 is 1. The predicted octanol–water partition coefficient (Wildman–Crippen LogP) is 4.86. The van der Waals surface area contributed by atoms with Crippen LogP contribution in [0.1, 0.15) is 11.1 Å². The molecule has 3 rings (SSSR count). The lowest BCUT2D eigenvalue weighted by molar-refractivity contribution is -0.122. The molecular weight excluding hydrogens is 507 g/mol. The molecule has 0 aliphatic heterocycles. The van der Waals surface area contributed by atoms with Crippen LogP contribution in [0.25, 0.3) is 0 Å². The van der Waals surface area contributed by atoms with Crippen molar-refractivity contribution in [3.8, 4) is 5.75 Å². The van der Waals surface area contributed by atoms with E-state index < -0.39 is 22.0 Å². The number of halogens is 3. The summed E-state index contributed by atoms with van der Waals surface area (Å²) in [6.45, 7) is 0.107. The number of hydrogen-bond acceptors (Lipinski definition) is 4. The summed E-state index contributed by atoms with van der Waals surface area (Å²) in [6, 6.07) is 17.0. The first-order chi connectivity index (χ1) is 15.7. The van der Waals surface area contributed by atoms with E-state index in [-0.39, 0.29) is 22.9 Å². The molecule has 1 atom stereocenters. The highest BCUT2D eigenvalue weighted by atomic mass is 35.5. The number of sulfonamides is 1. The van der Waals surface area contributed by atoms with Gasteiger partial charge in [-0.3, -0.25) is 4.79 Å². The molecule has 3 aromatic carbocycles. The molecule has 0 unspecified atom stereocenters. The SMILES string of the molecule is COc1ccc(S(=O)(=O)N[C@@H](Cc2ccccc2)C(=O)NCc2ccc(Cl)cc2Cl)cc1Cl. The molecule has 0 bridgehead atoms. The third kappa shape index (κ3) is 6.85. The molecule has 1 amide bonds. The Morgan fingerprint density at radius 2 is 1.70 bits per heavy atom. The number of rotatable bonds is 9. The van der Waals surface area contributed by atoms with Gasteiger partial charge in [0.2, 0.25) is 15.9 Å². The Labute approximate surface area is 207 Å². The van der Waals surface area contributed by atoms with Crippen LogP contribution in [0.3, 0.4) is 0 Å². The van der Waals surface area contributed by atoms with Crippen LogP contribution in [0.4, 0.5) is 0 Å². The molecule has 0 aromatic heterocycles. The van der Waals surface area contributed by atoms with E-state index in [1.54, 1.807) is 18.2 Å². The normalized spacial score (nSPS) is 12.2. The third-order valence-corrected chi connectivity index (χ3v) is 7.15. The van der Waals surface area contributed by atoms with Crippen molar-refractivity contribution >= 4 is 50.7 Å². The molecule has 0 saturated heterocycles. The molecular formula is C23H21Cl3N2O4S. The van der Waals surface area contributed by atoms with E-state index in [0.717, 1.165) is 5.56 Å². The first-order valence-electron chi connectivity index (χ1n) is 9.81. The van der Waals surface area contributed by atoms with Crippen molar-refractivity contribution in [3.05, 3.63) is 92.9 Å². The summed E-state index contributed by atoms with van der Waals surface area (Å²) >= 11 is 18.2. The molecule has 2 N–H and O–H groups in total. The summed E-state index contributed by atoms with van der Waals surface area (Å²) in [4.78, 5) is 12.9. The van der Waals surface area contributed by atoms with Crippen LogP contribution in [0, 0.1) is 0 Å². The molecule has 3 aromatic rings. The largest absolute Gasteiger partial charge is 0.495 e. The van der Waals surface area contributed by atoms with Crippen LogP contribution in [0.15, 0.2) is 71.6 Å².